The Balaban J connectivity index is 1.85. The van der Waals surface area contributed by atoms with E-state index in [0.29, 0.717) is 26.4 Å². The number of cyclic esters (lactones) is 1. The molecule has 1 aromatic heterocycles. The summed E-state index contributed by atoms with van der Waals surface area (Å²) in [6.07, 6.45) is 3.04. The molecule has 0 atom stereocenters. The fraction of sp³-hybridized carbons (Fsp3) is 0.211. The smallest absolute Gasteiger partial charge is 0.363 e. The number of halogens is 1. The standard InChI is InChI=1S/C19H16INO7/c1-3-25-16(22)10-27-17-12(20)7-11(9-15(17)24-2)8-13-19(23)28-18(21-13)14-5-4-6-26-14/h4-9H,3,10H2,1-2H3/b13-8+. The van der Waals surface area contributed by atoms with Gasteiger partial charge in [-0.3, -0.25) is 0 Å². The van der Waals surface area contributed by atoms with Crippen molar-refractivity contribution in [1.29, 1.82) is 0 Å². The molecule has 0 N–H and O–H groups in total. The minimum absolute atomic E-state index is 0.109. The number of hydrogen-bond acceptors (Lipinski definition) is 8. The van der Waals surface area contributed by atoms with E-state index >= 15 is 0 Å². The van der Waals surface area contributed by atoms with E-state index < -0.39 is 11.9 Å². The molecule has 28 heavy (non-hydrogen) atoms. The molecule has 0 radical (unpaired) electrons. The number of carbonyl (C=O) groups is 2. The molecule has 0 bridgehead atoms. The summed E-state index contributed by atoms with van der Waals surface area (Å²) >= 11 is 2.05. The van der Waals surface area contributed by atoms with Crippen LogP contribution in [0.15, 0.2) is 45.6 Å². The van der Waals surface area contributed by atoms with E-state index in [1.165, 1.54) is 13.4 Å². The van der Waals surface area contributed by atoms with Gasteiger partial charge >= 0.3 is 11.9 Å². The van der Waals surface area contributed by atoms with Gasteiger partial charge in [-0.25, -0.2) is 14.6 Å². The van der Waals surface area contributed by atoms with Crippen LogP contribution < -0.4 is 9.47 Å². The van der Waals surface area contributed by atoms with Crippen molar-refractivity contribution < 1.29 is 33.0 Å². The van der Waals surface area contributed by atoms with Crippen LogP contribution in [-0.2, 0) is 19.1 Å². The second kappa shape index (κ2) is 8.91. The van der Waals surface area contributed by atoms with Gasteiger partial charge in [0.05, 0.1) is 23.6 Å². The third-order valence-electron chi connectivity index (χ3n) is 3.55. The topological polar surface area (TPSA) is 96.6 Å². The van der Waals surface area contributed by atoms with Gasteiger partial charge in [-0.15, -0.1) is 0 Å². The molecule has 2 heterocycles. The van der Waals surface area contributed by atoms with Crippen LogP contribution in [0.25, 0.3) is 6.08 Å². The number of esters is 2. The van der Waals surface area contributed by atoms with Crippen molar-refractivity contribution in [3.8, 4) is 11.5 Å². The highest BCUT2D eigenvalue weighted by atomic mass is 127. The van der Waals surface area contributed by atoms with Gasteiger partial charge in [0, 0.05) is 0 Å². The van der Waals surface area contributed by atoms with Crippen LogP contribution in [0.1, 0.15) is 18.2 Å². The molecule has 9 heteroatoms. The van der Waals surface area contributed by atoms with E-state index in [4.69, 9.17) is 23.4 Å². The SMILES string of the molecule is CCOC(=O)COc1c(I)cc(/C=C2/N=C(c3ccco3)OC2=O)cc1OC. The molecule has 0 aliphatic carbocycles. The zero-order valence-electron chi connectivity index (χ0n) is 15.1. The Kier molecular flexibility index (Phi) is 6.34. The van der Waals surface area contributed by atoms with Crippen LogP contribution in [0.4, 0.5) is 0 Å². The molecule has 0 saturated heterocycles. The van der Waals surface area contributed by atoms with Crippen molar-refractivity contribution >= 4 is 46.5 Å². The minimum atomic E-state index is -0.581. The predicted octanol–water partition coefficient (Wildman–Crippen LogP) is 3.18. The Morgan fingerprint density at radius 1 is 1.36 bits per heavy atom. The number of hydrogen-bond donors (Lipinski definition) is 0. The first-order chi connectivity index (χ1) is 13.5. The average molecular weight is 497 g/mol. The van der Waals surface area contributed by atoms with Crippen LogP contribution in [0.2, 0.25) is 0 Å². The lowest BCUT2D eigenvalue weighted by Gasteiger charge is -2.13. The summed E-state index contributed by atoms with van der Waals surface area (Å²) in [4.78, 5) is 27.8. The number of furan rings is 1. The number of nitrogens with zero attached hydrogens (tertiary/aromatic N) is 1. The molecule has 1 aliphatic rings. The van der Waals surface area contributed by atoms with Crippen molar-refractivity contribution in [2.45, 2.75) is 6.92 Å². The maximum atomic E-state index is 12.1. The molecule has 0 spiro atoms. The van der Waals surface area contributed by atoms with Crippen molar-refractivity contribution in [2.75, 3.05) is 20.3 Å². The Hall–Kier alpha value is -2.82. The molecule has 0 fully saturated rings. The normalized spacial score (nSPS) is 14.6. The predicted molar refractivity (Wildman–Crippen MR) is 107 cm³/mol. The maximum Gasteiger partial charge on any atom is 0.363 e. The van der Waals surface area contributed by atoms with E-state index in [9.17, 15) is 9.59 Å². The van der Waals surface area contributed by atoms with Gasteiger partial charge in [0.2, 0.25) is 0 Å². The summed E-state index contributed by atoms with van der Waals surface area (Å²) < 4.78 is 26.7. The van der Waals surface area contributed by atoms with Crippen molar-refractivity contribution in [1.82, 2.24) is 0 Å². The van der Waals surface area contributed by atoms with Gasteiger partial charge in [0.15, 0.2) is 29.6 Å². The number of rotatable bonds is 7. The molecular weight excluding hydrogens is 481 g/mol. The number of methoxy groups -OCH3 is 1. The van der Waals surface area contributed by atoms with Crippen LogP contribution in [0, 0.1) is 3.57 Å². The largest absolute Gasteiger partial charge is 0.493 e. The Bertz CT molecular complexity index is 947. The monoisotopic (exact) mass is 497 g/mol. The van der Waals surface area contributed by atoms with Crippen LogP contribution in [0.5, 0.6) is 11.5 Å². The lowest BCUT2D eigenvalue weighted by atomic mass is 10.1. The second-order valence-corrected chi connectivity index (χ2v) is 6.60. The lowest BCUT2D eigenvalue weighted by Crippen LogP contribution is -2.15. The summed E-state index contributed by atoms with van der Waals surface area (Å²) in [7, 11) is 1.48. The molecular formula is C19H16INO7. The van der Waals surface area contributed by atoms with Crippen LogP contribution in [-0.4, -0.2) is 38.2 Å². The van der Waals surface area contributed by atoms with E-state index in [1.54, 1.807) is 37.3 Å². The van der Waals surface area contributed by atoms with Gasteiger partial charge in [-0.2, -0.15) is 0 Å². The quantitative estimate of drug-likeness (QED) is 0.330. The third-order valence-corrected chi connectivity index (χ3v) is 4.35. The summed E-state index contributed by atoms with van der Waals surface area (Å²) in [5, 5.41) is 0. The fourth-order valence-corrected chi connectivity index (χ4v) is 3.15. The summed E-state index contributed by atoms with van der Waals surface area (Å²) in [5.74, 6) is 0.240. The first-order valence-electron chi connectivity index (χ1n) is 8.24. The molecule has 0 unspecified atom stereocenters. The second-order valence-electron chi connectivity index (χ2n) is 5.44. The number of aliphatic imine (C=N–C) groups is 1. The maximum absolute atomic E-state index is 12.1. The van der Waals surface area contributed by atoms with Gasteiger partial charge in [-0.1, -0.05) is 0 Å². The zero-order valence-corrected chi connectivity index (χ0v) is 17.2. The molecule has 8 nitrogen and oxygen atoms in total. The molecule has 2 aromatic rings. The lowest BCUT2D eigenvalue weighted by molar-refractivity contribution is -0.145. The van der Waals surface area contributed by atoms with Crippen LogP contribution >= 0.6 is 22.6 Å². The molecule has 0 saturated carbocycles. The average Bonchev–Trinajstić information content (AvgIpc) is 3.31. The number of carbonyl (C=O) groups excluding carboxylic acids is 2. The molecule has 0 amide bonds. The van der Waals surface area contributed by atoms with Gasteiger partial charge < -0.3 is 23.4 Å². The molecule has 3 rings (SSSR count). The van der Waals surface area contributed by atoms with Crippen LogP contribution in [0.3, 0.4) is 0 Å². The van der Waals surface area contributed by atoms with Crippen molar-refractivity contribution in [3.63, 3.8) is 0 Å². The van der Waals surface area contributed by atoms with Gasteiger partial charge in [0.1, 0.15) is 0 Å². The Labute approximate surface area is 174 Å². The summed E-state index contributed by atoms with van der Waals surface area (Å²) in [6, 6.07) is 6.76. The zero-order chi connectivity index (χ0) is 20.1. The van der Waals surface area contributed by atoms with E-state index in [1.807, 2.05) is 0 Å². The highest BCUT2D eigenvalue weighted by molar-refractivity contribution is 14.1. The minimum Gasteiger partial charge on any atom is -0.493 e. The van der Waals surface area contributed by atoms with E-state index in [-0.39, 0.29) is 24.8 Å². The first-order valence-corrected chi connectivity index (χ1v) is 9.32. The van der Waals surface area contributed by atoms with Crippen molar-refractivity contribution in [3.05, 3.63) is 51.1 Å². The molecule has 146 valence electrons. The van der Waals surface area contributed by atoms with Gasteiger partial charge in [0.25, 0.3) is 5.90 Å². The molecule has 1 aliphatic heterocycles. The van der Waals surface area contributed by atoms with E-state index in [0.717, 1.165) is 0 Å². The first kappa shape index (κ1) is 19.9. The van der Waals surface area contributed by atoms with Gasteiger partial charge in [-0.05, 0) is 65.4 Å². The summed E-state index contributed by atoms with van der Waals surface area (Å²) in [5.41, 5.74) is 0.783. The summed E-state index contributed by atoms with van der Waals surface area (Å²) in [6.45, 7) is 1.77. The number of benzene rings is 1. The fourth-order valence-electron chi connectivity index (χ4n) is 2.37. The Morgan fingerprint density at radius 2 is 2.18 bits per heavy atom. The van der Waals surface area contributed by atoms with E-state index in [2.05, 4.69) is 27.6 Å². The molecule has 1 aromatic carbocycles. The highest BCUT2D eigenvalue weighted by Crippen LogP contribution is 2.35. The third kappa shape index (κ3) is 4.53. The number of ether oxygens (including phenoxy) is 4. The van der Waals surface area contributed by atoms with Crippen molar-refractivity contribution in [2.24, 2.45) is 4.99 Å². The Morgan fingerprint density at radius 3 is 2.86 bits per heavy atom. The highest BCUT2D eigenvalue weighted by Gasteiger charge is 2.26.